The lowest BCUT2D eigenvalue weighted by atomic mass is 9.97. The zero-order valence-corrected chi connectivity index (χ0v) is 19.9. The highest BCUT2D eigenvalue weighted by Crippen LogP contribution is 2.35. The molecule has 0 saturated carbocycles. The number of fused-ring (bicyclic) bond motifs is 2. The van der Waals surface area contributed by atoms with Gasteiger partial charge in [-0.15, -0.1) is 0 Å². The summed E-state index contributed by atoms with van der Waals surface area (Å²) in [5.74, 6) is -0.707. The number of carbonyl (C=O) groups is 2. The molecule has 0 fully saturated rings. The molecule has 3 heterocycles. The number of esters is 1. The van der Waals surface area contributed by atoms with E-state index in [0.29, 0.717) is 32.7 Å². The topological polar surface area (TPSA) is 81.0 Å². The normalized spacial score (nSPS) is 18.5. The van der Waals surface area contributed by atoms with Gasteiger partial charge in [-0.1, -0.05) is 59.9 Å². The molecule has 0 radical (unpaired) electrons. The molecule has 172 valence electrons. The number of amides is 1. The quantitative estimate of drug-likeness (QED) is 0.546. The predicted molar refractivity (Wildman–Crippen MR) is 131 cm³/mol. The second-order valence-electron chi connectivity index (χ2n) is 7.96. The maximum Gasteiger partial charge on any atom is 0.338 e. The van der Waals surface area contributed by atoms with E-state index < -0.39 is 12.0 Å². The van der Waals surface area contributed by atoms with Gasteiger partial charge in [0.15, 0.2) is 4.80 Å². The SMILES string of the molecule is CCOC(=O)C1=C(C)n2c(s/c(=C3\C(=O)N(CC)c4ccccc43)c2=O)=N[C@@H]1c1ccccc1. The lowest BCUT2D eigenvalue weighted by molar-refractivity contribution is -0.138. The van der Waals surface area contributed by atoms with Crippen LogP contribution in [0.2, 0.25) is 0 Å². The monoisotopic (exact) mass is 473 g/mol. The summed E-state index contributed by atoms with van der Waals surface area (Å²) >= 11 is 1.18. The second-order valence-corrected chi connectivity index (χ2v) is 8.94. The van der Waals surface area contributed by atoms with Crippen LogP contribution in [0.1, 0.15) is 37.9 Å². The van der Waals surface area contributed by atoms with Crippen LogP contribution in [0.4, 0.5) is 5.69 Å². The lowest BCUT2D eigenvalue weighted by Gasteiger charge is -2.22. The molecule has 2 aliphatic rings. The van der Waals surface area contributed by atoms with Crippen LogP contribution < -0.4 is 19.8 Å². The molecule has 3 aromatic rings. The van der Waals surface area contributed by atoms with E-state index in [1.165, 1.54) is 15.9 Å². The molecular formula is C26H23N3O4S. The van der Waals surface area contributed by atoms with Gasteiger partial charge < -0.3 is 9.64 Å². The Balaban J connectivity index is 1.83. The Morgan fingerprint density at radius 3 is 2.47 bits per heavy atom. The fourth-order valence-electron chi connectivity index (χ4n) is 4.56. The molecule has 2 aliphatic heterocycles. The molecule has 1 aromatic heterocycles. The highest BCUT2D eigenvalue weighted by Gasteiger charge is 2.35. The van der Waals surface area contributed by atoms with Crippen LogP contribution in [0, 0.1) is 0 Å². The number of likely N-dealkylation sites (N-methyl/N-ethyl adjacent to an activating group) is 1. The van der Waals surface area contributed by atoms with Crippen molar-refractivity contribution in [1.82, 2.24) is 4.57 Å². The van der Waals surface area contributed by atoms with Crippen LogP contribution in [-0.4, -0.2) is 29.6 Å². The first-order valence-corrected chi connectivity index (χ1v) is 12.0. The maximum atomic E-state index is 13.7. The third kappa shape index (κ3) is 3.25. The van der Waals surface area contributed by atoms with E-state index in [9.17, 15) is 14.4 Å². The van der Waals surface area contributed by atoms with E-state index in [1.807, 2.05) is 61.5 Å². The zero-order valence-electron chi connectivity index (χ0n) is 19.1. The fourth-order valence-corrected chi connectivity index (χ4v) is 5.69. The van der Waals surface area contributed by atoms with Crippen molar-refractivity contribution in [1.29, 1.82) is 0 Å². The molecule has 34 heavy (non-hydrogen) atoms. The molecule has 0 N–H and O–H groups in total. The third-order valence-corrected chi connectivity index (χ3v) is 7.15. The first-order valence-electron chi connectivity index (χ1n) is 11.2. The van der Waals surface area contributed by atoms with Gasteiger partial charge in [0.05, 0.1) is 23.4 Å². The summed E-state index contributed by atoms with van der Waals surface area (Å²) in [6, 6.07) is 16.3. The van der Waals surface area contributed by atoms with Crippen LogP contribution in [0.25, 0.3) is 11.3 Å². The standard InChI is InChI=1S/C26H23N3O4S/c1-4-28-18-14-10-9-13-17(18)20(23(28)30)22-24(31)29-15(3)19(25(32)33-5-2)21(27-26(29)34-22)16-11-7-6-8-12-16/h6-14,21H,4-5H2,1-3H3/b22-20-/t21-/m1/s1. The number of nitrogens with zero attached hydrogens (tertiary/aromatic N) is 3. The molecule has 0 aliphatic carbocycles. The summed E-state index contributed by atoms with van der Waals surface area (Å²) in [5, 5.41) is 0. The van der Waals surface area contributed by atoms with Crippen molar-refractivity contribution < 1.29 is 14.3 Å². The van der Waals surface area contributed by atoms with Crippen LogP contribution in [-0.2, 0) is 14.3 Å². The summed E-state index contributed by atoms with van der Waals surface area (Å²) in [6.45, 7) is 6.08. The van der Waals surface area contributed by atoms with Crippen LogP contribution in [0.3, 0.4) is 0 Å². The number of rotatable bonds is 4. The number of hydrogen-bond acceptors (Lipinski definition) is 6. The highest BCUT2D eigenvalue weighted by molar-refractivity contribution is 7.07. The number of ether oxygens (including phenoxy) is 1. The van der Waals surface area contributed by atoms with Gasteiger partial charge in [-0.3, -0.25) is 14.2 Å². The Kier molecular flexibility index (Phi) is 5.53. The minimum Gasteiger partial charge on any atom is -0.463 e. The van der Waals surface area contributed by atoms with Crippen LogP contribution in [0.5, 0.6) is 0 Å². The van der Waals surface area contributed by atoms with Gasteiger partial charge in [0, 0.05) is 17.8 Å². The number of carbonyl (C=O) groups excluding carboxylic acids is 2. The first kappa shape index (κ1) is 22.0. The van der Waals surface area contributed by atoms with Crippen molar-refractivity contribution >= 4 is 40.2 Å². The Morgan fingerprint density at radius 1 is 1.06 bits per heavy atom. The lowest BCUT2D eigenvalue weighted by Crippen LogP contribution is -2.37. The van der Waals surface area contributed by atoms with Crippen molar-refractivity contribution in [2.75, 3.05) is 18.1 Å². The van der Waals surface area contributed by atoms with E-state index in [1.54, 1.807) is 18.7 Å². The molecular weight excluding hydrogens is 450 g/mol. The summed E-state index contributed by atoms with van der Waals surface area (Å²) in [4.78, 5) is 46.9. The summed E-state index contributed by atoms with van der Waals surface area (Å²) in [6.07, 6.45) is 0. The van der Waals surface area contributed by atoms with E-state index >= 15 is 0 Å². The molecule has 0 saturated heterocycles. The molecule has 1 atom stereocenters. The molecule has 0 bridgehead atoms. The van der Waals surface area contributed by atoms with Crippen molar-refractivity contribution in [3.05, 3.63) is 91.0 Å². The Bertz CT molecular complexity index is 1530. The number of thiazole rings is 1. The highest BCUT2D eigenvalue weighted by atomic mass is 32.1. The van der Waals surface area contributed by atoms with E-state index in [0.717, 1.165) is 16.8 Å². The predicted octanol–water partition coefficient (Wildman–Crippen LogP) is 2.64. The average molecular weight is 474 g/mol. The summed E-state index contributed by atoms with van der Waals surface area (Å²) in [7, 11) is 0. The smallest absolute Gasteiger partial charge is 0.338 e. The van der Waals surface area contributed by atoms with Gasteiger partial charge >= 0.3 is 5.97 Å². The van der Waals surface area contributed by atoms with Crippen LogP contribution >= 0.6 is 11.3 Å². The number of para-hydroxylation sites is 1. The average Bonchev–Trinajstić information content (AvgIpc) is 3.32. The molecule has 5 rings (SSSR count). The molecule has 8 heteroatoms. The van der Waals surface area contributed by atoms with E-state index in [2.05, 4.69) is 0 Å². The van der Waals surface area contributed by atoms with Gasteiger partial charge in [-0.25, -0.2) is 9.79 Å². The third-order valence-electron chi connectivity index (χ3n) is 6.10. The number of anilines is 1. The zero-order chi connectivity index (χ0) is 24.0. The Labute approximate surface area is 199 Å². The van der Waals surface area contributed by atoms with Gasteiger partial charge in [0.2, 0.25) is 0 Å². The second kappa shape index (κ2) is 8.53. The molecule has 1 amide bonds. The fraction of sp³-hybridized carbons (Fsp3) is 0.231. The Morgan fingerprint density at radius 2 is 1.76 bits per heavy atom. The minimum atomic E-state index is -0.602. The van der Waals surface area contributed by atoms with E-state index in [4.69, 9.17) is 9.73 Å². The number of hydrogen-bond donors (Lipinski definition) is 0. The molecule has 0 unspecified atom stereocenters. The van der Waals surface area contributed by atoms with E-state index in [-0.39, 0.29) is 18.1 Å². The van der Waals surface area contributed by atoms with Gasteiger partial charge in [0.1, 0.15) is 10.6 Å². The summed E-state index contributed by atoms with van der Waals surface area (Å²) in [5.41, 5.74) is 3.17. The van der Waals surface area contributed by atoms with Gasteiger partial charge in [0.25, 0.3) is 11.5 Å². The van der Waals surface area contributed by atoms with Gasteiger partial charge in [-0.05, 0) is 32.4 Å². The minimum absolute atomic E-state index is 0.202. The summed E-state index contributed by atoms with van der Waals surface area (Å²) < 4.78 is 7.08. The molecule has 0 spiro atoms. The van der Waals surface area contributed by atoms with Crippen molar-refractivity contribution in [2.24, 2.45) is 4.99 Å². The first-order chi connectivity index (χ1) is 16.5. The number of allylic oxidation sites excluding steroid dienone is 1. The van der Waals surface area contributed by atoms with Crippen molar-refractivity contribution in [3.8, 4) is 0 Å². The Hall–Kier alpha value is -3.78. The number of benzene rings is 2. The molecule has 7 nitrogen and oxygen atoms in total. The van der Waals surface area contributed by atoms with Crippen molar-refractivity contribution in [3.63, 3.8) is 0 Å². The molecule has 2 aromatic carbocycles. The van der Waals surface area contributed by atoms with Gasteiger partial charge in [-0.2, -0.15) is 0 Å². The van der Waals surface area contributed by atoms with Crippen molar-refractivity contribution in [2.45, 2.75) is 26.8 Å². The maximum absolute atomic E-state index is 13.7. The van der Waals surface area contributed by atoms with Crippen LogP contribution in [0.15, 0.2) is 70.0 Å². The largest absolute Gasteiger partial charge is 0.463 e. The number of aromatic nitrogens is 1.